The molecule has 0 saturated carbocycles. The lowest BCUT2D eigenvalue weighted by Gasteiger charge is -2.23. The van der Waals surface area contributed by atoms with E-state index in [1.807, 2.05) is 6.92 Å². The van der Waals surface area contributed by atoms with E-state index in [4.69, 9.17) is 0 Å². The molecule has 0 fully saturated rings. The van der Waals surface area contributed by atoms with Gasteiger partial charge in [0.25, 0.3) is 0 Å². The van der Waals surface area contributed by atoms with Crippen molar-refractivity contribution in [2.45, 2.75) is 52.0 Å². The minimum absolute atomic E-state index is 0.523. The Hall–Kier alpha value is -0.660. The van der Waals surface area contributed by atoms with Crippen LogP contribution in [0.4, 0.5) is 0 Å². The highest BCUT2D eigenvalue weighted by atomic mass is 16.3. The summed E-state index contributed by atoms with van der Waals surface area (Å²) in [7, 11) is 0. The molecule has 0 bridgehead atoms. The van der Waals surface area contributed by atoms with Crippen molar-refractivity contribution in [1.29, 1.82) is 0 Å². The van der Waals surface area contributed by atoms with E-state index >= 15 is 0 Å². The normalized spacial score (nSPS) is 15.2. The molecule has 12 heavy (non-hydrogen) atoms. The summed E-state index contributed by atoms with van der Waals surface area (Å²) in [5, 5.41) is 3.18. The quantitative estimate of drug-likeness (QED) is 0.440. The maximum atomic E-state index is 10.6. The van der Waals surface area contributed by atoms with Crippen LogP contribution in [0.3, 0.4) is 0 Å². The summed E-state index contributed by atoms with van der Waals surface area (Å²) in [6, 6.07) is 0. The maximum absolute atomic E-state index is 10.6. The number of hydrogen-bond donors (Lipinski definition) is 0. The predicted octanol–water partition coefficient (Wildman–Crippen LogP) is 3.67. The Bertz CT molecular complexity index is 165. The highest BCUT2D eigenvalue weighted by Crippen LogP contribution is 2.28. The van der Waals surface area contributed by atoms with Crippen LogP contribution in [0.25, 0.3) is 0 Å². The van der Waals surface area contributed by atoms with Gasteiger partial charge in [-0.1, -0.05) is 38.4 Å². The Morgan fingerprint density at radius 1 is 1.42 bits per heavy atom. The Labute approximate surface area is 75.0 Å². The zero-order valence-electron chi connectivity index (χ0n) is 8.39. The number of nitroso groups, excluding NO2 is 1. The van der Waals surface area contributed by atoms with E-state index in [0.717, 1.165) is 31.3 Å². The predicted molar refractivity (Wildman–Crippen MR) is 53.2 cm³/mol. The molecule has 70 valence electrons. The second-order valence-corrected chi connectivity index (χ2v) is 3.47. The van der Waals surface area contributed by atoms with E-state index in [1.165, 1.54) is 0 Å². The van der Waals surface area contributed by atoms with Gasteiger partial charge in [-0.2, -0.15) is 0 Å². The average Bonchev–Trinajstić information content (AvgIpc) is 2.05. The molecule has 2 heteroatoms. The van der Waals surface area contributed by atoms with Crippen molar-refractivity contribution in [3.05, 3.63) is 17.1 Å². The maximum Gasteiger partial charge on any atom is 0.120 e. The summed E-state index contributed by atoms with van der Waals surface area (Å²) >= 11 is 0. The van der Waals surface area contributed by atoms with Gasteiger partial charge in [0.15, 0.2) is 0 Å². The third kappa shape index (κ3) is 2.76. The molecule has 0 aliphatic heterocycles. The molecular formula is C10H19NO. The van der Waals surface area contributed by atoms with E-state index in [2.05, 4.69) is 25.6 Å². The molecule has 0 aromatic heterocycles. The zero-order chi connectivity index (χ0) is 9.61. The highest BCUT2D eigenvalue weighted by molar-refractivity contribution is 5.14. The molecule has 0 amide bonds. The number of nitrogens with zero attached hydrogens (tertiary/aromatic N) is 1. The van der Waals surface area contributed by atoms with Crippen LogP contribution in [-0.4, -0.2) is 5.54 Å². The second-order valence-electron chi connectivity index (χ2n) is 3.47. The number of rotatable bonds is 6. The minimum Gasteiger partial charge on any atom is -0.150 e. The lowest BCUT2D eigenvalue weighted by atomic mass is 9.87. The summed E-state index contributed by atoms with van der Waals surface area (Å²) in [6.07, 6.45) is 3.73. The molecule has 0 heterocycles. The molecule has 0 N–H and O–H groups in total. The van der Waals surface area contributed by atoms with Crippen molar-refractivity contribution in [3.63, 3.8) is 0 Å². The molecule has 0 saturated heterocycles. The number of hydrogen-bond acceptors (Lipinski definition) is 2. The summed E-state index contributed by atoms with van der Waals surface area (Å²) in [5.74, 6) is 0. The SMILES string of the molecule is C=C(CCC)C(C)(CCC)N=O. The van der Waals surface area contributed by atoms with Crippen molar-refractivity contribution in [2.75, 3.05) is 0 Å². The van der Waals surface area contributed by atoms with E-state index in [9.17, 15) is 4.91 Å². The Morgan fingerprint density at radius 2 is 2.00 bits per heavy atom. The van der Waals surface area contributed by atoms with Gasteiger partial charge in [0.1, 0.15) is 5.54 Å². The third-order valence-corrected chi connectivity index (χ3v) is 2.25. The van der Waals surface area contributed by atoms with Crippen LogP contribution in [0.1, 0.15) is 46.5 Å². The first-order valence-corrected chi connectivity index (χ1v) is 4.63. The van der Waals surface area contributed by atoms with Gasteiger partial charge in [-0.05, 0) is 25.3 Å². The van der Waals surface area contributed by atoms with E-state index in [0.29, 0.717) is 0 Å². The molecule has 0 rings (SSSR count). The lowest BCUT2D eigenvalue weighted by Crippen LogP contribution is -2.23. The van der Waals surface area contributed by atoms with Crippen molar-refractivity contribution in [1.82, 2.24) is 0 Å². The fraction of sp³-hybridized carbons (Fsp3) is 0.800. The summed E-state index contributed by atoms with van der Waals surface area (Å²) < 4.78 is 0. The van der Waals surface area contributed by atoms with Crippen molar-refractivity contribution < 1.29 is 0 Å². The van der Waals surface area contributed by atoms with Gasteiger partial charge in [0.05, 0.1) is 0 Å². The van der Waals surface area contributed by atoms with Crippen LogP contribution in [0.5, 0.6) is 0 Å². The average molecular weight is 169 g/mol. The Kier molecular flexibility index (Phi) is 4.79. The monoisotopic (exact) mass is 169 g/mol. The molecule has 0 aromatic carbocycles. The topological polar surface area (TPSA) is 29.4 Å². The first kappa shape index (κ1) is 11.3. The van der Waals surface area contributed by atoms with Gasteiger partial charge in [0.2, 0.25) is 0 Å². The Balaban J connectivity index is 4.28. The largest absolute Gasteiger partial charge is 0.150 e. The van der Waals surface area contributed by atoms with E-state index in [1.54, 1.807) is 0 Å². The van der Waals surface area contributed by atoms with Crippen molar-refractivity contribution in [3.8, 4) is 0 Å². The summed E-state index contributed by atoms with van der Waals surface area (Å²) in [4.78, 5) is 10.6. The van der Waals surface area contributed by atoms with Gasteiger partial charge >= 0.3 is 0 Å². The first-order chi connectivity index (χ1) is 5.60. The molecule has 1 atom stereocenters. The minimum atomic E-state index is -0.523. The van der Waals surface area contributed by atoms with Crippen molar-refractivity contribution >= 4 is 0 Å². The van der Waals surface area contributed by atoms with Crippen LogP contribution >= 0.6 is 0 Å². The molecule has 2 nitrogen and oxygen atoms in total. The fourth-order valence-electron chi connectivity index (χ4n) is 1.34. The molecule has 1 unspecified atom stereocenters. The lowest BCUT2D eigenvalue weighted by molar-refractivity contribution is 0.479. The highest BCUT2D eigenvalue weighted by Gasteiger charge is 2.26. The second kappa shape index (κ2) is 5.07. The van der Waals surface area contributed by atoms with Crippen LogP contribution in [-0.2, 0) is 0 Å². The van der Waals surface area contributed by atoms with Crippen LogP contribution in [0.15, 0.2) is 17.3 Å². The summed E-state index contributed by atoms with van der Waals surface area (Å²) in [5.41, 5.74) is 0.451. The molecule has 0 aliphatic rings. The van der Waals surface area contributed by atoms with Gasteiger partial charge < -0.3 is 0 Å². The molecule has 0 radical (unpaired) electrons. The fourth-order valence-corrected chi connectivity index (χ4v) is 1.34. The first-order valence-electron chi connectivity index (χ1n) is 4.63. The molecule has 0 aliphatic carbocycles. The van der Waals surface area contributed by atoms with E-state index in [-0.39, 0.29) is 0 Å². The van der Waals surface area contributed by atoms with Crippen LogP contribution < -0.4 is 0 Å². The van der Waals surface area contributed by atoms with Gasteiger partial charge in [-0.3, -0.25) is 0 Å². The zero-order valence-corrected chi connectivity index (χ0v) is 8.39. The van der Waals surface area contributed by atoms with Gasteiger partial charge in [-0.15, -0.1) is 4.91 Å². The third-order valence-electron chi connectivity index (χ3n) is 2.25. The molecule has 0 spiro atoms. The Morgan fingerprint density at radius 3 is 2.33 bits per heavy atom. The van der Waals surface area contributed by atoms with Gasteiger partial charge in [0, 0.05) is 0 Å². The van der Waals surface area contributed by atoms with Crippen molar-refractivity contribution in [2.24, 2.45) is 5.18 Å². The van der Waals surface area contributed by atoms with Crippen LogP contribution in [0, 0.1) is 4.91 Å². The molecular weight excluding hydrogens is 150 g/mol. The van der Waals surface area contributed by atoms with E-state index < -0.39 is 5.54 Å². The smallest absolute Gasteiger partial charge is 0.120 e. The standard InChI is InChI=1S/C10H19NO/c1-5-7-9(3)10(4,11-12)8-6-2/h3,5-8H2,1-2,4H3. The van der Waals surface area contributed by atoms with Crippen LogP contribution in [0.2, 0.25) is 0 Å². The summed E-state index contributed by atoms with van der Waals surface area (Å²) in [6.45, 7) is 9.93. The van der Waals surface area contributed by atoms with Gasteiger partial charge in [-0.25, -0.2) is 0 Å². The molecule has 0 aromatic rings.